The SMILES string of the molecule is O=C(c1c[nH]c2ncc(Br)cc12)N1CCOc2ccccc21. The first kappa shape index (κ1) is 13.3. The summed E-state index contributed by atoms with van der Waals surface area (Å²) >= 11 is 3.40. The number of nitrogens with one attached hydrogen (secondary N) is 1. The number of benzene rings is 1. The average molecular weight is 358 g/mol. The Bertz CT molecular complexity index is 875. The number of H-pyrrole nitrogens is 1. The van der Waals surface area contributed by atoms with Gasteiger partial charge in [-0.05, 0) is 34.1 Å². The molecule has 0 spiro atoms. The summed E-state index contributed by atoms with van der Waals surface area (Å²) in [5.74, 6) is 0.683. The molecule has 6 heteroatoms. The van der Waals surface area contributed by atoms with Crippen molar-refractivity contribution in [3.63, 3.8) is 0 Å². The number of halogens is 1. The normalized spacial score (nSPS) is 13.8. The minimum absolute atomic E-state index is 0.0538. The molecule has 1 aromatic carbocycles. The zero-order valence-electron chi connectivity index (χ0n) is 11.5. The van der Waals surface area contributed by atoms with E-state index in [0.29, 0.717) is 24.4 Å². The highest BCUT2D eigenvalue weighted by atomic mass is 79.9. The molecule has 4 rings (SSSR count). The van der Waals surface area contributed by atoms with Crippen LogP contribution in [0.5, 0.6) is 5.75 Å². The van der Waals surface area contributed by atoms with Crippen molar-refractivity contribution >= 4 is 38.6 Å². The summed E-state index contributed by atoms with van der Waals surface area (Å²) in [6.07, 6.45) is 3.42. The van der Waals surface area contributed by atoms with Crippen LogP contribution in [0.4, 0.5) is 5.69 Å². The molecule has 1 amide bonds. The summed E-state index contributed by atoms with van der Waals surface area (Å²) in [6, 6.07) is 9.48. The van der Waals surface area contributed by atoms with E-state index < -0.39 is 0 Å². The molecule has 3 aromatic rings. The van der Waals surface area contributed by atoms with Crippen LogP contribution in [0.15, 0.2) is 47.2 Å². The molecule has 1 N–H and O–H groups in total. The first-order valence-electron chi connectivity index (χ1n) is 6.90. The number of amides is 1. The molecule has 0 radical (unpaired) electrons. The molecule has 0 fully saturated rings. The third-order valence-electron chi connectivity index (χ3n) is 3.70. The third kappa shape index (κ3) is 2.07. The van der Waals surface area contributed by atoms with Gasteiger partial charge in [0.2, 0.25) is 0 Å². The molecule has 22 heavy (non-hydrogen) atoms. The molecule has 0 atom stereocenters. The fourth-order valence-electron chi connectivity index (χ4n) is 2.68. The number of fused-ring (bicyclic) bond motifs is 2. The van der Waals surface area contributed by atoms with E-state index in [1.807, 2.05) is 30.3 Å². The monoisotopic (exact) mass is 357 g/mol. The van der Waals surface area contributed by atoms with Crippen LogP contribution >= 0.6 is 15.9 Å². The molecule has 5 nitrogen and oxygen atoms in total. The quantitative estimate of drug-likeness (QED) is 0.726. The smallest absolute Gasteiger partial charge is 0.260 e. The molecule has 0 bridgehead atoms. The number of aromatic nitrogens is 2. The van der Waals surface area contributed by atoms with Gasteiger partial charge in [-0.15, -0.1) is 0 Å². The zero-order valence-corrected chi connectivity index (χ0v) is 13.1. The van der Waals surface area contributed by atoms with Gasteiger partial charge in [-0.25, -0.2) is 4.98 Å². The van der Waals surface area contributed by atoms with E-state index >= 15 is 0 Å². The summed E-state index contributed by atoms with van der Waals surface area (Å²) in [6.45, 7) is 1.02. The van der Waals surface area contributed by atoms with Crippen molar-refractivity contribution in [1.29, 1.82) is 0 Å². The lowest BCUT2D eigenvalue weighted by molar-refractivity contribution is 0.0978. The molecule has 0 saturated carbocycles. The largest absolute Gasteiger partial charge is 0.490 e. The van der Waals surface area contributed by atoms with Crippen molar-refractivity contribution in [2.24, 2.45) is 0 Å². The van der Waals surface area contributed by atoms with Gasteiger partial charge in [0.25, 0.3) is 5.91 Å². The Morgan fingerprint density at radius 3 is 3.14 bits per heavy atom. The van der Waals surface area contributed by atoms with E-state index in [9.17, 15) is 4.79 Å². The Kier molecular flexibility index (Phi) is 3.11. The van der Waals surface area contributed by atoms with Crippen molar-refractivity contribution in [1.82, 2.24) is 9.97 Å². The third-order valence-corrected chi connectivity index (χ3v) is 4.14. The highest BCUT2D eigenvalue weighted by molar-refractivity contribution is 9.10. The lowest BCUT2D eigenvalue weighted by Gasteiger charge is -2.29. The van der Waals surface area contributed by atoms with Gasteiger partial charge < -0.3 is 14.6 Å². The number of para-hydroxylation sites is 2. The van der Waals surface area contributed by atoms with Gasteiger partial charge >= 0.3 is 0 Å². The van der Waals surface area contributed by atoms with E-state index in [1.165, 1.54) is 0 Å². The first-order chi connectivity index (χ1) is 10.7. The van der Waals surface area contributed by atoms with Crippen LogP contribution in [-0.2, 0) is 0 Å². The Hall–Kier alpha value is -2.34. The van der Waals surface area contributed by atoms with Crippen LogP contribution in [0.25, 0.3) is 11.0 Å². The predicted octanol–water partition coefficient (Wildman–Crippen LogP) is 3.36. The number of nitrogens with zero attached hydrogens (tertiary/aromatic N) is 2. The van der Waals surface area contributed by atoms with Gasteiger partial charge in [0.05, 0.1) is 17.8 Å². The molecule has 1 aliphatic heterocycles. The van der Waals surface area contributed by atoms with Gasteiger partial charge in [0.15, 0.2) is 0 Å². The summed E-state index contributed by atoms with van der Waals surface area (Å²) in [7, 11) is 0. The zero-order chi connectivity index (χ0) is 15.1. The lowest BCUT2D eigenvalue weighted by atomic mass is 10.1. The lowest BCUT2D eigenvalue weighted by Crippen LogP contribution is -2.37. The van der Waals surface area contributed by atoms with Crippen molar-refractivity contribution in [2.75, 3.05) is 18.1 Å². The molecular weight excluding hydrogens is 346 g/mol. The standard InChI is InChI=1S/C16H12BrN3O2/c17-10-7-11-12(9-19-15(11)18-8-10)16(21)20-5-6-22-14-4-2-1-3-13(14)20/h1-4,7-9H,5-6H2,(H,18,19). The van der Waals surface area contributed by atoms with Gasteiger partial charge in [-0.3, -0.25) is 4.79 Å². The molecule has 3 heterocycles. The number of aromatic amines is 1. The van der Waals surface area contributed by atoms with E-state index in [2.05, 4.69) is 25.9 Å². The minimum atomic E-state index is -0.0538. The number of hydrogen-bond acceptors (Lipinski definition) is 3. The number of carbonyl (C=O) groups is 1. The second-order valence-electron chi connectivity index (χ2n) is 5.03. The fourth-order valence-corrected chi connectivity index (χ4v) is 3.01. The summed E-state index contributed by atoms with van der Waals surface area (Å²) in [5.41, 5.74) is 2.12. The number of carbonyl (C=O) groups excluding carboxylic acids is 1. The van der Waals surface area contributed by atoms with Crippen molar-refractivity contribution in [2.45, 2.75) is 0 Å². The van der Waals surface area contributed by atoms with Crippen LogP contribution in [0.1, 0.15) is 10.4 Å². The second kappa shape index (κ2) is 5.14. The van der Waals surface area contributed by atoms with Crippen LogP contribution in [0.2, 0.25) is 0 Å². The van der Waals surface area contributed by atoms with Crippen LogP contribution in [0, 0.1) is 0 Å². The number of rotatable bonds is 1. The van der Waals surface area contributed by atoms with E-state index in [1.54, 1.807) is 17.3 Å². The number of ether oxygens (including phenoxy) is 1. The van der Waals surface area contributed by atoms with Crippen LogP contribution < -0.4 is 9.64 Å². The van der Waals surface area contributed by atoms with Gasteiger partial charge in [-0.1, -0.05) is 12.1 Å². The summed E-state index contributed by atoms with van der Waals surface area (Å²) in [4.78, 5) is 22.0. The minimum Gasteiger partial charge on any atom is -0.490 e. The van der Waals surface area contributed by atoms with Crippen LogP contribution in [-0.4, -0.2) is 29.0 Å². The molecule has 0 saturated heterocycles. The van der Waals surface area contributed by atoms with Crippen molar-refractivity contribution in [3.05, 3.63) is 52.8 Å². The predicted molar refractivity (Wildman–Crippen MR) is 87.4 cm³/mol. The maximum absolute atomic E-state index is 13.0. The summed E-state index contributed by atoms with van der Waals surface area (Å²) < 4.78 is 6.45. The Morgan fingerprint density at radius 2 is 2.23 bits per heavy atom. The molecule has 2 aromatic heterocycles. The van der Waals surface area contributed by atoms with Gasteiger partial charge in [0, 0.05) is 22.3 Å². The van der Waals surface area contributed by atoms with Crippen molar-refractivity contribution in [3.8, 4) is 5.75 Å². The molecular formula is C16H12BrN3O2. The Labute approximate surface area is 135 Å². The molecule has 0 unspecified atom stereocenters. The van der Waals surface area contributed by atoms with Gasteiger partial charge in [0.1, 0.15) is 18.0 Å². The average Bonchev–Trinajstić information content (AvgIpc) is 2.96. The fraction of sp³-hybridized carbons (Fsp3) is 0.125. The topological polar surface area (TPSA) is 58.2 Å². The van der Waals surface area contributed by atoms with Gasteiger partial charge in [-0.2, -0.15) is 0 Å². The highest BCUT2D eigenvalue weighted by Gasteiger charge is 2.26. The van der Waals surface area contributed by atoms with E-state index in [-0.39, 0.29) is 5.91 Å². The van der Waals surface area contributed by atoms with E-state index in [4.69, 9.17) is 4.74 Å². The molecule has 0 aliphatic carbocycles. The summed E-state index contributed by atoms with van der Waals surface area (Å²) in [5, 5.41) is 0.809. The highest BCUT2D eigenvalue weighted by Crippen LogP contribution is 2.33. The molecule has 110 valence electrons. The maximum Gasteiger partial charge on any atom is 0.260 e. The number of anilines is 1. The van der Waals surface area contributed by atoms with Crippen LogP contribution in [0.3, 0.4) is 0 Å². The Balaban J connectivity index is 1.80. The van der Waals surface area contributed by atoms with Crippen molar-refractivity contribution < 1.29 is 9.53 Å². The second-order valence-corrected chi connectivity index (χ2v) is 5.94. The molecule has 1 aliphatic rings. The van der Waals surface area contributed by atoms with E-state index in [0.717, 1.165) is 21.3 Å². The number of pyridine rings is 1. The number of hydrogen-bond donors (Lipinski definition) is 1. The maximum atomic E-state index is 13.0. The first-order valence-corrected chi connectivity index (χ1v) is 7.69. The Morgan fingerprint density at radius 1 is 1.36 bits per heavy atom.